The molecular formula is C14H17N3O2. The van der Waals surface area contributed by atoms with Crippen molar-refractivity contribution >= 4 is 11.8 Å². The van der Waals surface area contributed by atoms with Gasteiger partial charge in [0.25, 0.3) is 0 Å². The number of benzene rings is 1. The van der Waals surface area contributed by atoms with Gasteiger partial charge in [-0.1, -0.05) is 30.3 Å². The van der Waals surface area contributed by atoms with Crippen molar-refractivity contribution in [3.8, 4) is 0 Å². The molecule has 2 aliphatic heterocycles. The molecule has 0 spiro atoms. The fourth-order valence-electron chi connectivity index (χ4n) is 2.67. The second-order valence-corrected chi connectivity index (χ2v) is 4.70. The summed E-state index contributed by atoms with van der Waals surface area (Å²) < 4.78 is 4.97. The van der Waals surface area contributed by atoms with Crippen molar-refractivity contribution in [2.24, 2.45) is 4.99 Å². The van der Waals surface area contributed by atoms with Crippen LogP contribution in [0.1, 0.15) is 31.4 Å². The van der Waals surface area contributed by atoms with Gasteiger partial charge in [0.1, 0.15) is 6.17 Å². The Morgan fingerprint density at radius 1 is 1.42 bits per heavy atom. The molecule has 0 amide bonds. The molecule has 1 aromatic rings. The molecule has 0 bridgehead atoms. The summed E-state index contributed by atoms with van der Waals surface area (Å²) >= 11 is 0. The molecule has 2 atom stereocenters. The molecule has 2 aliphatic rings. The van der Waals surface area contributed by atoms with Gasteiger partial charge in [0.05, 0.1) is 12.6 Å². The quantitative estimate of drug-likeness (QED) is 0.838. The summed E-state index contributed by atoms with van der Waals surface area (Å²) in [5, 5.41) is 2.06. The van der Waals surface area contributed by atoms with Gasteiger partial charge in [0, 0.05) is 0 Å². The molecule has 5 nitrogen and oxygen atoms in total. The summed E-state index contributed by atoms with van der Waals surface area (Å²) in [5.74, 6) is -0.0452. The molecule has 1 saturated heterocycles. The monoisotopic (exact) mass is 259 g/mol. The predicted molar refractivity (Wildman–Crippen MR) is 71.2 cm³/mol. The number of rotatable bonds is 3. The first-order valence-electron chi connectivity index (χ1n) is 6.64. The highest BCUT2D eigenvalue weighted by Crippen LogP contribution is 2.36. The van der Waals surface area contributed by atoms with E-state index in [-0.39, 0.29) is 18.2 Å². The van der Waals surface area contributed by atoms with Crippen LogP contribution in [0.4, 0.5) is 0 Å². The first kappa shape index (κ1) is 12.2. The molecule has 0 saturated carbocycles. The maximum atomic E-state index is 11.7. The molecule has 3 rings (SSSR count). The summed E-state index contributed by atoms with van der Waals surface area (Å²) in [7, 11) is 0. The molecule has 2 heterocycles. The third-order valence-corrected chi connectivity index (χ3v) is 3.52. The third kappa shape index (κ3) is 2.21. The second-order valence-electron chi connectivity index (χ2n) is 4.70. The number of ether oxygens (including phenoxy) is 1. The number of nitrogens with one attached hydrogen (secondary N) is 1. The minimum absolute atomic E-state index is 0.0459. The van der Waals surface area contributed by atoms with Crippen LogP contribution in [0.25, 0.3) is 0 Å². The summed E-state index contributed by atoms with van der Waals surface area (Å²) in [6.07, 6.45) is 2.04. The van der Waals surface area contributed by atoms with Crippen LogP contribution in [0, 0.1) is 0 Å². The Balaban J connectivity index is 1.74. The van der Waals surface area contributed by atoms with Crippen LogP contribution in [0.3, 0.4) is 0 Å². The Labute approximate surface area is 112 Å². The highest BCUT2D eigenvalue weighted by Gasteiger charge is 2.40. The van der Waals surface area contributed by atoms with E-state index in [1.54, 1.807) is 6.92 Å². The average Bonchev–Trinajstić information content (AvgIpc) is 2.99. The molecule has 2 unspecified atom stereocenters. The zero-order chi connectivity index (χ0) is 13.2. The van der Waals surface area contributed by atoms with E-state index in [0.29, 0.717) is 12.4 Å². The van der Waals surface area contributed by atoms with Crippen molar-refractivity contribution in [2.75, 3.05) is 6.61 Å². The van der Waals surface area contributed by atoms with E-state index in [1.807, 2.05) is 18.2 Å². The Morgan fingerprint density at radius 2 is 2.21 bits per heavy atom. The number of fused-ring (bicyclic) bond motifs is 1. The molecule has 0 radical (unpaired) electrons. The summed E-state index contributed by atoms with van der Waals surface area (Å²) in [5.41, 5.74) is 4.34. The van der Waals surface area contributed by atoms with Gasteiger partial charge in [-0.25, -0.2) is 9.79 Å². The molecule has 5 heteroatoms. The van der Waals surface area contributed by atoms with Gasteiger partial charge in [0.2, 0.25) is 5.84 Å². The first-order chi connectivity index (χ1) is 9.29. The lowest BCUT2D eigenvalue weighted by molar-refractivity contribution is -0.135. The number of nitrogens with zero attached hydrogens (tertiary/aromatic N) is 2. The lowest BCUT2D eigenvalue weighted by Crippen LogP contribution is -2.42. The summed E-state index contributed by atoms with van der Waals surface area (Å²) in [4.78, 5) is 16.1. The van der Waals surface area contributed by atoms with E-state index < -0.39 is 0 Å². The fraction of sp³-hybridized carbons (Fsp3) is 0.429. The van der Waals surface area contributed by atoms with Crippen LogP contribution in [-0.2, 0) is 9.53 Å². The number of carbonyl (C=O) groups is 1. The number of hydrogen-bond donors (Lipinski definition) is 1. The van der Waals surface area contributed by atoms with Gasteiger partial charge in [-0.3, -0.25) is 5.43 Å². The Morgan fingerprint density at radius 3 is 2.95 bits per heavy atom. The third-order valence-electron chi connectivity index (χ3n) is 3.52. The van der Waals surface area contributed by atoms with Crippen LogP contribution in [0.5, 0.6) is 0 Å². The Bertz CT molecular complexity index is 501. The van der Waals surface area contributed by atoms with Crippen LogP contribution < -0.4 is 5.43 Å². The molecule has 1 aromatic carbocycles. The largest absolute Gasteiger partial charge is 0.460 e. The van der Waals surface area contributed by atoms with Crippen LogP contribution >= 0.6 is 0 Å². The van der Waals surface area contributed by atoms with Gasteiger partial charge < -0.3 is 4.74 Å². The van der Waals surface area contributed by atoms with Gasteiger partial charge in [0.15, 0.2) is 0 Å². The molecule has 100 valence electrons. The topological polar surface area (TPSA) is 53.9 Å². The van der Waals surface area contributed by atoms with Gasteiger partial charge in [-0.15, -0.1) is 0 Å². The van der Waals surface area contributed by atoms with Gasteiger partial charge in [-0.2, -0.15) is 5.01 Å². The number of aliphatic imine (C=N–C) groups is 1. The normalized spacial score (nSPS) is 25.6. The molecule has 1 fully saturated rings. The van der Waals surface area contributed by atoms with Crippen molar-refractivity contribution in [1.82, 2.24) is 10.4 Å². The fourth-order valence-corrected chi connectivity index (χ4v) is 2.67. The smallest absolute Gasteiger partial charge is 0.375 e. The zero-order valence-electron chi connectivity index (χ0n) is 10.9. The highest BCUT2D eigenvalue weighted by molar-refractivity contribution is 6.35. The van der Waals surface area contributed by atoms with Crippen LogP contribution in [-0.4, -0.2) is 29.6 Å². The molecule has 1 N–H and O–H groups in total. The zero-order valence-corrected chi connectivity index (χ0v) is 10.9. The lowest BCUT2D eigenvalue weighted by atomic mass is 10.1. The number of carbonyl (C=O) groups excluding carboxylic acids is 1. The van der Waals surface area contributed by atoms with E-state index in [9.17, 15) is 4.79 Å². The maximum Gasteiger partial charge on any atom is 0.375 e. The minimum Gasteiger partial charge on any atom is -0.460 e. The van der Waals surface area contributed by atoms with Gasteiger partial charge in [-0.05, 0) is 25.3 Å². The first-order valence-corrected chi connectivity index (χ1v) is 6.64. The maximum absolute atomic E-state index is 11.7. The van der Waals surface area contributed by atoms with E-state index in [2.05, 4.69) is 27.6 Å². The second kappa shape index (κ2) is 5.01. The highest BCUT2D eigenvalue weighted by atomic mass is 16.5. The van der Waals surface area contributed by atoms with Crippen molar-refractivity contribution in [3.05, 3.63) is 35.9 Å². The van der Waals surface area contributed by atoms with E-state index in [4.69, 9.17) is 4.74 Å². The number of amidine groups is 1. The SMILES string of the molecule is CCOC(=O)C1=NC2CCC(c3ccccc3)N2N1. The Hall–Kier alpha value is -1.88. The molecule has 0 aliphatic carbocycles. The summed E-state index contributed by atoms with van der Waals surface area (Å²) in [6, 6.07) is 10.6. The molecule has 0 aromatic heterocycles. The summed E-state index contributed by atoms with van der Waals surface area (Å²) in [6.45, 7) is 2.16. The predicted octanol–water partition coefficient (Wildman–Crippen LogP) is 1.63. The van der Waals surface area contributed by atoms with E-state index in [1.165, 1.54) is 5.56 Å². The van der Waals surface area contributed by atoms with Gasteiger partial charge >= 0.3 is 5.97 Å². The lowest BCUT2D eigenvalue weighted by Gasteiger charge is -2.23. The van der Waals surface area contributed by atoms with E-state index >= 15 is 0 Å². The van der Waals surface area contributed by atoms with E-state index in [0.717, 1.165) is 12.8 Å². The number of hydrazine groups is 1. The van der Waals surface area contributed by atoms with Crippen LogP contribution in [0.15, 0.2) is 35.3 Å². The number of esters is 1. The van der Waals surface area contributed by atoms with Crippen molar-refractivity contribution < 1.29 is 9.53 Å². The van der Waals surface area contributed by atoms with Crippen LogP contribution in [0.2, 0.25) is 0 Å². The van der Waals surface area contributed by atoms with Crippen molar-refractivity contribution in [3.63, 3.8) is 0 Å². The minimum atomic E-state index is -0.372. The van der Waals surface area contributed by atoms with Crippen molar-refractivity contribution in [1.29, 1.82) is 0 Å². The molecule has 19 heavy (non-hydrogen) atoms. The number of hydrogen-bond acceptors (Lipinski definition) is 5. The average molecular weight is 259 g/mol. The van der Waals surface area contributed by atoms with Crippen molar-refractivity contribution in [2.45, 2.75) is 32.0 Å². The molecular weight excluding hydrogens is 242 g/mol. The standard InChI is InChI=1S/C14H17N3O2/c1-2-19-14(18)13-15-12-9-8-11(17(12)16-13)10-6-4-3-5-7-10/h3-7,11-12H,2,8-9H2,1H3,(H,15,16). The Kier molecular flexibility index (Phi) is 3.21.